The highest BCUT2D eigenvalue weighted by Crippen LogP contribution is 2.43. The Hall–Kier alpha value is -3.01. The van der Waals surface area contributed by atoms with Crippen LogP contribution in [0.3, 0.4) is 0 Å². The summed E-state index contributed by atoms with van der Waals surface area (Å²) in [7, 11) is 2.58. The van der Waals surface area contributed by atoms with Gasteiger partial charge in [0.2, 0.25) is 0 Å². The average Bonchev–Trinajstić information content (AvgIpc) is 3.18. The molecule has 3 aromatic rings. The largest absolute Gasteiger partial charge is 0.368 e. The molecular weight excluding hydrogens is 494 g/mol. The fraction of sp³-hybridized carbons (Fsp3) is 0.333. The quantitative estimate of drug-likeness (QED) is 0.227. The van der Waals surface area contributed by atoms with Crippen LogP contribution in [-0.2, 0) is 20.3 Å². The second kappa shape index (κ2) is 10.5. The summed E-state index contributed by atoms with van der Waals surface area (Å²) in [5.41, 5.74) is 4.72. The van der Waals surface area contributed by atoms with Crippen LogP contribution in [0.5, 0.6) is 0 Å². The maximum absolute atomic E-state index is 13.2. The van der Waals surface area contributed by atoms with Gasteiger partial charge in [-0.05, 0) is 46.7 Å². The van der Waals surface area contributed by atoms with Crippen molar-refractivity contribution in [3.63, 3.8) is 0 Å². The van der Waals surface area contributed by atoms with Crippen LogP contribution in [0.1, 0.15) is 41.6 Å². The molecule has 0 N–H and O–H groups in total. The topological polar surface area (TPSA) is 79.3 Å². The van der Waals surface area contributed by atoms with Crippen molar-refractivity contribution in [1.82, 2.24) is 9.96 Å². The summed E-state index contributed by atoms with van der Waals surface area (Å²) in [6.07, 6.45) is 1.25. The summed E-state index contributed by atoms with van der Waals surface area (Å²) in [6, 6.07) is 14.8. The van der Waals surface area contributed by atoms with E-state index in [-0.39, 0.29) is 16.2 Å². The standard InChI is InChI=1S/C27H33N3O4S2/c1-18-23(19-11-15-22(16-12-19)36(32,33)28-17-29(5)6)25(26(31)30(7)34-8)35-24(18)20-9-13-21(14-10-20)27(2,3)4/h9-17H,1-8H3. The molecule has 0 saturated carbocycles. The number of thiophene rings is 1. The van der Waals surface area contributed by atoms with Gasteiger partial charge in [-0.3, -0.25) is 9.63 Å². The van der Waals surface area contributed by atoms with E-state index in [1.54, 1.807) is 38.2 Å². The van der Waals surface area contributed by atoms with E-state index in [4.69, 9.17) is 4.84 Å². The van der Waals surface area contributed by atoms with Crippen LogP contribution in [0, 0.1) is 6.92 Å². The molecule has 1 amide bonds. The van der Waals surface area contributed by atoms with Crippen LogP contribution in [0.15, 0.2) is 57.8 Å². The third kappa shape index (κ3) is 5.86. The smallest absolute Gasteiger partial charge is 0.287 e. The fourth-order valence-electron chi connectivity index (χ4n) is 3.65. The zero-order valence-electron chi connectivity index (χ0n) is 22.0. The van der Waals surface area contributed by atoms with Gasteiger partial charge in [-0.25, -0.2) is 5.06 Å². The Morgan fingerprint density at radius 1 is 0.972 bits per heavy atom. The van der Waals surface area contributed by atoms with Gasteiger partial charge in [-0.2, -0.15) is 8.42 Å². The minimum Gasteiger partial charge on any atom is -0.368 e. The summed E-state index contributed by atoms with van der Waals surface area (Å²) in [6.45, 7) is 8.49. The second-order valence-corrected chi connectivity index (χ2v) is 12.4. The van der Waals surface area contributed by atoms with Crippen molar-refractivity contribution in [2.45, 2.75) is 38.0 Å². The molecule has 0 radical (unpaired) electrons. The fourth-order valence-corrected chi connectivity index (χ4v) is 5.86. The van der Waals surface area contributed by atoms with Gasteiger partial charge >= 0.3 is 0 Å². The summed E-state index contributed by atoms with van der Waals surface area (Å²) in [5.74, 6) is -0.273. The number of hydroxylamine groups is 2. The van der Waals surface area contributed by atoms with Crippen molar-refractivity contribution in [3.8, 4) is 21.6 Å². The average molecular weight is 528 g/mol. The Kier molecular flexibility index (Phi) is 8.07. The van der Waals surface area contributed by atoms with E-state index < -0.39 is 10.0 Å². The number of amides is 1. The first kappa shape index (κ1) is 27.6. The Morgan fingerprint density at radius 2 is 1.53 bits per heavy atom. The lowest BCUT2D eigenvalue weighted by atomic mass is 9.86. The first-order valence-electron chi connectivity index (χ1n) is 11.4. The van der Waals surface area contributed by atoms with Crippen LogP contribution >= 0.6 is 11.3 Å². The van der Waals surface area contributed by atoms with Gasteiger partial charge in [0.25, 0.3) is 15.9 Å². The lowest BCUT2D eigenvalue weighted by molar-refractivity contribution is -0.0753. The molecule has 7 nitrogen and oxygen atoms in total. The molecule has 0 atom stereocenters. The molecule has 0 spiro atoms. The van der Waals surface area contributed by atoms with Crippen LogP contribution in [0.2, 0.25) is 0 Å². The molecular formula is C27H33N3O4S2. The summed E-state index contributed by atoms with van der Waals surface area (Å²) >= 11 is 1.40. The number of rotatable bonds is 7. The van der Waals surface area contributed by atoms with Crippen LogP contribution in [-0.4, -0.2) is 58.9 Å². The highest BCUT2D eigenvalue weighted by atomic mass is 32.2. The Labute approximate surface area is 218 Å². The predicted octanol–water partition coefficient (Wildman–Crippen LogP) is 5.60. The van der Waals surface area contributed by atoms with E-state index in [9.17, 15) is 13.2 Å². The molecule has 9 heteroatoms. The van der Waals surface area contributed by atoms with Gasteiger partial charge in [0.15, 0.2) is 0 Å². The molecule has 36 heavy (non-hydrogen) atoms. The highest BCUT2D eigenvalue weighted by molar-refractivity contribution is 7.90. The zero-order valence-corrected chi connectivity index (χ0v) is 23.6. The second-order valence-electron chi connectivity index (χ2n) is 9.76. The lowest BCUT2D eigenvalue weighted by Crippen LogP contribution is -2.25. The zero-order chi connectivity index (χ0) is 26.8. The van der Waals surface area contributed by atoms with Crippen LogP contribution < -0.4 is 0 Å². The van der Waals surface area contributed by atoms with Crippen molar-refractivity contribution >= 4 is 33.6 Å². The van der Waals surface area contributed by atoms with Gasteiger partial charge in [-0.15, -0.1) is 15.7 Å². The number of carbonyl (C=O) groups excluding carboxylic acids is 1. The molecule has 0 aliphatic carbocycles. The van der Waals surface area contributed by atoms with E-state index in [0.29, 0.717) is 4.88 Å². The summed E-state index contributed by atoms with van der Waals surface area (Å²) in [4.78, 5) is 21.5. The van der Waals surface area contributed by atoms with Gasteiger partial charge in [0, 0.05) is 31.6 Å². The van der Waals surface area contributed by atoms with Crippen molar-refractivity contribution in [1.29, 1.82) is 0 Å². The number of benzene rings is 2. The number of hydrogen-bond acceptors (Lipinski definition) is 5. The highest BCUT2D eigenvalue weighted by Gasteiger charge is 2.26. The Bertz CT molecular complexity index is 1370. The molecule has 0 bridgehead atoms. The minimum absolute atomic E-state index is 0.0369. The first-order valence-corrected chi connectivity index (χ1v) is 13.7. The molecule has 0 saturated heterocycles. The van der Waals surface area contributed by atoms with Crippen LogP contribution in [0.25, 0.3) is 21.6 Å². The maximum atomic E-state index is 13.2. The molecule has 3 rings (SSSR count). The van der Waals surface area contributed by atoms with Gasteiger partial charge in [0.05, 0.1) is 12.0 Å². The molecule has 0 fully saturated rings. The third-order valence-electron chi connectivity index (χ3n) is 5.77. The molecule has 2 aromatic carbocycles. The normalized spacial score (nSPS) is 12.2. The van der Waals surface area contributed by atoms with Crippen LogP contribution in [0.4, 0.5) is 0 Å². The summed E-state index contributed by atoms with van der Waals surface area (Å²) < 4.78 is 28.8. The van der Waals surface area contributed by atoms with Crippen molar-refractivity contribution in [3.05, 3.63) is 64.5 Å². The number of sulfonamides is 1. The molecule has 1 heterocycles. The van der Waals surface area contributed by atoms with E-state index in [1.807, 2.05) is 6.92 Å². The van der Waals surface area contributed by atoms with E-state index in [2.05, 4.69) is 49.4 Å². The van der Waals surface area contributed by atoms with Gasteiger partial charge in [-0.1, -0.05) is 57.2 Å². The predicted molar refractivity (Wildman–Crippen MR) is 147 cm³/mol. The van der Waals surface area contributed by atoms with E-state index in [0.717, 1.165) is 27.1 Å². The Balaban J connectivity index is 2.12. The van der Waals surface area contributed by atoms with Gasteiger partial charge < -0.3 is 4.90 Å². The van der Waals surface area contributed by atoms with E-state index in [1.165, 1.54) is 47.5 Å². The lowest BCUT2D eigenvalue weighted by Gasteiger charge is -2.19. The number of hydrogen-bond donors (Lipinski definition) is 0. The monoisotopic (exact) mass is 527 g/mol. The van der Waals surface area contributed by atoms with Crippen molar-refractivity contribution in [2.24, 2.45) is 4.40 Å². The minimum atomic E-state index is -3.83. The molecule has 0 unspecified atom stereocenters. The Morgan fingerprint density at radius 3 is 2.03 bits per heavy atom. The van der Waals surface area contributed by atoms with Crippen molar-refractivity contribution < 1.29 is 18.0 Å². The molecule has 192 valence electrons. The molecule has 1 aromatic heterocycles. The molecule has 0 aliphatic heterocycles. The third-order valence-corrected chi connectivity index (χ3v) is 8.34. The number of carbonyl (C=O) groups is 1. The van der Waals surface area contributed by atoms with Gasteiger partial charge in [0.1, 0.15) is 11.2 Å². The van der Waals surface area contributed by atoms with Crippen molar-refractivity contribution in [2.75, 3.05) is 28.3 Å². The van der Waals surface area contributed by atoms with E-state index >= 15 is 0 Å². The number of nitrogens with zero attached hydrogens (tertiary/aromatic N) is 3. The summed E-state index contributed by atoms with van der Waals surface area (Å²) in [5, 5.41) is 1.19. The molecule has 0 aliphatic rings. The SMILES string of the molecule is CON(C)C(=O)c1sc(-c2ccc(C(C)(C)C)cc2)c(C)c1-c1ccc(S(=O)(=O)N=CN(C)C)cc1. The first-order chi connectivity index (χ1) is 16.8. The maximum Gasteiger partial charge on any atom is 0.287 e.